The number of benzene rings is 1. The van der Waals surface area contributed by atoms with Crippen molar-refractivity contribution in [3.05, 3.63) is 35.1 Å². The van der Waals surface area contributed by atoms with Crippen molar-refractivity contribution in [3.63, 3.8) is 0 Å². The van der Waals surface area contributed by atoms with Gasteiger partial charge in [-0.3, -0.25) is 0 Å². The molecule has 76 valence electrons. The number of rotatable bonds is 2. The van der Waals surface area contributed by atoms with E-state index >= 15 is 0 Å². The van der Waals surface area contributed by atoms with Crippen LogP contribution in [0.1, 0.15) is 17.5 Å². The van der Waals surface area contributed by atoms with Crippen molar-refractivity contribution < 1.29 is 4.39 Å². The van der Waals surface area contributed by atoms with Crippen LogP contribution in [0.4, 0.5) is 4.39 Å². The van der Waals surface area contributed by atoms with Crippen molar-refractivity contribution in [1.29, 1.82) is 5.26 Å². The lowest BCUT2D eigenvalue weighted by atomic mass is 10.1. The fourth-order valence-corrected chi connectivity index (χ4v) is 1.13. The van der Waals surface area contributed by atoms with E-state index in [2.05, 4.69) is 11.8 Å². The molecule has 0 heterocycles. The van der Waals surface area contributed by atoms with Gasteiger partial charge in [-0.2, -0.15) is 5.26 Å². The number of nitriles is 1. The highest BCUT2D eigenvalue weighted by molar-refractivity contribution is 5.42. The van der Waals surface area contributed by atoms with Crippen molar-refractivity contribution >= 4 is 0 Å². The molecule has 0 amide bonds. The summed E-state index contributed by atoms with van der Waals surface area (Å²) in [7, 11) is 0. The zero-order chi connectivity index (χ0) is 11.1. The van der Waals surface area contributed by atoms with Gasteiger partial charge >= 0.3 is 0 Å². The Kier molecular flexibility index (Phi) is 4.34. The highest BCUT2D eigenvalue weighted by Gasteiger charge is 2.00. The van der Waals surface area contributed by atoms with Gasteiger partial charge in [-0.15, -0.1) is 0 Å². The van der Waals surface area contributed by atoms with Gasteiger partial charge in [-0.1, -0.05) is 17.9 Å². The van der Waals surface area contributed by atoms with E-state index in [-0.39, 0.29) is 12.2 Å². The molecule has 2 nitrogen and oxygen atoms in total. The molecule has 0 unspecified atom stereocenters. The molecule has 0 atom stereocenters. The Morgan fingerprint density at radius 2 is 2.20 bits per heavy atom. The molecule has 3 heteroatoms. The van der Waals surface area contributed by atoms with Gasteiger partial charge in [0.1, 0.15) is 5.82 Å². The van der Waals surface area contributed by atoms with Crippen molar-refractivity contribution in [1.82, 2.24) is 0 Å². The number of hydrogen-bond acceptors (Lipinski definition) is 2. The Morgan fingerprint density at radius 3 is 2.87 bits per heavy atom. The van der Waals surface area contributed by atoms with Crippen LogP contribution < -0.4 is 5.73 Å². The standard InChI is InChI=1S/C12H11FN2/c13-12-5-4-10(6-8-15)11(9-12)3-1-2-7-14/h4-5,9H,2,6-7,14H2. The smallest absolute Gasteiger partial charge is 0.124 e. The van der Waals surface area contributed by atoms with Crippen LogP contribution in [0, 0.1) is 29.0 Å². The molecule has 0 aromatic heterocycles. The quantitative estimate of drug-likeness (QED) is 0.740. The van der Waals surface area contributed by atoms with E-state index in [4.69, 9.17) is 11.0 Å². The van der Waals surface area contributed by atoms with E-state index in [1.54, 1.807) is 6.07 Å². The SMILES string of the molecule is N#CCc1ccc(F)cc1C#CCCN. The van der Waals surface area contributed by atoms with Crippen LogP contribution in [0.5, 0.6) is 0 Å². The Bertz CT molecular complexity index is 435. The number of nitrogens with two attached hydrogens (primary N) is 1. The zero-order valence-corrected chi connectivity index (χ0v) is 8.26. The zero-order valence-electron chi connectivity index (χ0n) is 8.26. The lowest BCUT2D eigenvalue weighted by Crippen LogP contribution is -1.96. The lowest BCUT2D eigenvalue weighted by molar-refractivity contribution is 0.627. The molecular weight excluding hydrogens is 191 g/mol. The molecule has 1 aromatic rings. The van der Waals surface area contributed by atoms with E-state index in [1.807, 2.05) is 6.07 Å². The van der Waals surface area contributed by atoms with Crippen molar-refractivity contribution in [2.24, 2.45) is 5.73 Å². The van der Waals surface area contributed by atoms with Gasteiger partial charge in [0.15, 0.2) is 0 Å². The third-order valence-electron chi connectivity index (χ3n) is 1.83. The summed E-state index contributed by atoms with van der Waals surface area (Å²) in [6, 6.07) is 6.29. The summed E-state index contributed by atoms with van der Waals surface area (Å²) in [5.74, 6) is 5.31. The fraction of sp³-hybridized carbons (Fsp3) is 0.250. The van der Waals surface area contributed by atoms with Crippen LogP contribution in [-0.4, -0.2) is 6.54 Å². The van der Waals surface area contributed by atoms with Crippen LogP contribution in [0.15, 0.2) is 18.2 Å². The number of nitrogens with zero attached hydrogens (tertiary/aromatic N) is 1. The fourth-order valence-electron chi connectivity index (χ4n) is 1.13. The molecule has 1 rings (SSSR count). The van der Waals surface area contributed by atoms with Crippen LogP contribution in [-0.2, 0) is 6.42 Å². The summed E-state index contributed by atoms with van der Waals surface area (Å²) in [5, 5.41) is 8.57. The predicted octanol–water partition coefficient (Wildman–Crippen LogP) is 1.59. The topological polar surface area (TPSA) is 49.8 Å². The average Bonchev–Trinajstić information content (AvgIpc) is 2.22. The highest BCUT2D eigenvalue weighted by Crippen LogP contribution is 2.10. The van der Waals surface area contributed by atoms with Gasteiger partial charge in [0.2, 0.25) is 0 Å². The predicted molar refractivity (Wildman–Crippen MR) is 56.3 cm³/mol. The Hall–Kier alpha value is -1.84. The maximum Gasteiger partial charge on any atom is 0.124 e. The summed E-state index contributed by atoms with van der Waals surface area (Å²) in [6.07, 6.45) is 0.815. The third-order valence-corrected chi connectivity index (χ3v) is 1.83. The Morgan fingerprint density at radius 1 is 1.40 bits per heavy atom. The monoisotopic (exact) mass is 202 g/mol. The van der Waals surface area contributed by atoms with E-state index in [0.29, 0.717) is 18.5 Å². The molecule has 0 radical (unpaired) electrons. The van der Waals surface area contributed by atoms with Crippen molar-refractivity contribution in [2.75, 3.05) is 6.54 Å². The van der Waals surface area contributed by atoms with E-state index in [9.17, 15) is 4.39 Å². The molecule has 0 saturated carbocycles. The van der Waals surface area contributed by atoms with Gasteiger partial charge in [-0.05, 0) is 17.7 Å². The lowest BCUT2D eigenvalue weighted by Gasteiger charge is -1.99. The van der Waals surface area contributed by atoms with Gasteiger partial charge in [0.25, 0.3) is 0 Å². The second-order valence-electron chi connectivity index (χ2n) is 2.98. The Balaban J connectivity index is 2.99. The van der Waals surface area contributed by atoms with E-state index < -0.39 is 0 Å². The highest BCUT2D eigenvalue weighted by atomic mass is 19.1. The molecular formula is C12H11FN2. The van der Waals surface area contributed by atoms with E-state index in [1.165, 1.54) is 12.1 Å². The summed E-state index contributed by atoms with van der Waals surface area (Å²) in [6.45, 7) is 0.482. The maximum absolute atomic E-state index is 12.9. The first-order valence-corrected chi connectivity index (χ1v) is 4.62. The summed E-state index contributed by atoms with van der Waals surface area (Å²) in [4.78, 5) is 0. The molecule has 1 aromatic carbocycles. The van der Waals surface area contributed by atoms with Gasteiger partial charge < -0.3 is 5.73 Å². The molecule has 0 fully saturated rings. The van der Waals surface area contributed by atoms with Crippen molar-refractivity contribution in [2.45, 2.75) is 12.8 Å². The average molecular weight is 202 g/mol. The molecule has 15 heavy (non-hydrogen) atoms. The normalized spacial score (nSPS) is 8.87. The third kappa shape index (κ3) is 3.42. The molecule has 2 N–H and O–H groups in total. The van der Waals surface area contributed by atoms with Gasteiger partial charge in [0, 0.05) is 18.5 Å². The van der Waals surface area contributed by atoms with Crippen molar-refractivity contribution in [3.8, 4) is 17.9 Å². The molecule has 0 bridgehead atoms. The van der Waals surface area contributed by atoms with Gasteiger partial charge in [-0.25, -0.2) is 4.39 Å². The van der Waals surface area contributed by atoms with Gasteiger partial charge in [0.05, 0.1) is 12.5 Å². The minimum absolute atomic E-state index is 0.243. The molecule has 0 aliphatic carbocycles. The first kappa shape index (κ1) is 11.2. The van der Waals surface area contributed by atoms with Crippen LogP contribution in [0.25, 0.3) is 0 Å². The maximum atomic E-state index is 12.9. The van der Waals surface area contributed by atoms with Crippen LogP contribution in [0.3, 0.4) is 0 Å². The summed E-state index contributed by atoms with van der Waals surface area (Å²) in [5.41, 5.74) is 6.62. The van der Waals surface area contributed by atoms with Crippen LogP contribution in [0.2, 0.25) is 0 Å². The molecule has 0 aliphatic heterocycles. The minimum atomic E-state index is -0.339. The second kappa shape index (κ2) is 5.80. The molecule has 0 saturated heterocycles. The number of halogens is 1. The first-order valence-electron chi connectivity index (χ1n) is 4.62. The second-order valence-corrected chi connectivity index (χ2v) is 2.98. The van der Waals surface area contributed by atoms with Crippen LogP contribution >= 0.6 is 0 Å². The first-order chi connectivity index (χ1) is 7.27. The Labute approximate surface area is 88.5 Å². The van der Waals surface area contributed by atoms with E-state index in [0.717, 1.165) is 5.56 Å². The molecule has 0 aliphatic rings. The molecule has 0 spiro atoms. The summed E-state index contributed by atoms with van der Waals surface area (Å²) < 4.78 is 12.9. The minimum Gasteiger partial charge on any atom is -0.330 e. The largest absolute Gasteiger partial charge is 0.330 e. The number of hydrogen-bond donors (Lipinski definition) is 1. The summed E-state index contributed by atoms with van der Waals surface area (Å²) >= 11 is 0.